The molecule has 0 aromatic rings. The first-order valence-electron chi connectivity index (χ1n) is 6.82. The Kier molecular flexibility index (Phi) is 56.7. The largest absolute Gasteiger partial charge is 0.382 e. The van der Waals surface area contributed by atoms with Crippen LogP contribution in [-0.4, -0.2) is 13.2 Å². The molecule has 0 aromatic heterocycles. The minimum atomic E-state index is 0. The second-order valence-electron chi connectivity index (χ2n) is 3.49. The van der Waals surface area contributed by atoms with Crippen molar-refractivity contribution in [3.05, 3.63) is 0 Å². The molecule has 0 fully saturated rings. The topological polar surface area (TPSA) is 9.23 Å². The summed E-state index contributed by atoms with van der Waals surface area (Å²) in [5.41, 5.74) is 0. The van der Waals surface area contributed by atoms with E-state index in [0.29, 0.717) is 0 Å². The highest BCUT2D eigenvalue weighted by molar-refractivity contribution is 4.24. The highest BCUT2D eigenvalue weighted by Gasteiger charge is 1.68. The molecule has 0 unspecified atom stereocenters. The second-order valence-corrected chi connectivity index (χ2v) is 3.49. The van der Waals surface area contributed by atoms with Gasteiger partial charge in [0.05, 0.1) is 0 Å². The van der Waals surface area contributed by atoms with Crippen LogP contribution in [0.2, 0.25) is 0 Å². The van der Waals surface area contributed by atoms with Gasteiger partial charge in [-0.3, -0.25) is 0 Å². The van der Waals surface area contributed by atoms with Crippen molar-refractivity contribution in [2.75, 3.05) is 13.2 Å². The maximum Gasteiger partial charge on any atom is 0.0437 e. The fraction of sp³-hybridized carbons (Fsp3) is 1.00. The van der Waals surface area contributed by atoms with Gasteiger partial charge in [-0.25, -0.2) is 0 Å². The summed E-state index contributed by atoms with van der Waals surface area (Å²) >= 11 is 0. The van der Waals surface area contributed by atoms with Crippen LogP contribution >= 0.6 is 0 Å². The zero-order valence-corrected chi connectivity index (χ0v) is 12.1. The molecule has 0 aliphatic heterocycles. The molecule has 104 valence electrons. The normalized spacial score (nSPS) is 7.88. The molecule has 0 radical (unpaired) electrons. The molecule has 1 heteroatoms. The quantitative estimate of drug-likeness (QED) is 0.542. The van der Waals surface area contributed by atoms with Crippen molar-refractivity contribution < 1.29 is 4.74 Å². The van der Waals surface area contributed by atoms with Crippen molar-refractivity contribution in [1.82, 2.24) is 0 Å². The van der Waals surface area contributed by atoms with Crippen LogP contribution in [0.5, 0.6) is 0 Å². The molecule has 1 nitrogen and oxygen atoms in total. The van der Waals surface area contributed by atoms with Crippen molar-refractivity contribution in [2.24, 2.45) is 0 Å². The average Bonchev–Trinajstić information content (AvgIpc) is 2.23. The van der Waals surface area contributed by atoms with Gasteiger partial charge < -0.3 is 4.74 Å². The van der Waals surface area contributed by atoms with E-state index < -0.39 is 0 Å². The maximum atomic E-state index is 4.83. The summed E-state index contributed by atoms with van der Waals surface area (Å²) in [6, 6.07) is 0. The van der Waals surface area contributed by atoms with Crippen LogP contribution in [0, 0.1) is 0 Å². The molecule has 0 aromatic carbocycles. The van der Waals surface area contributed by atoms with Gasteiger partial charge in [-0.05, 0) is 13.8 Å². The molecule has 0 rings (SSSR count). The summed E-state index contributed by atoms with van der Waals surface area (Å²) in [6.45, 7) is 14.5. The van der Waals surface area contributed by atoms with Gasteiger partial charge in [0.1, 0.15) is 0 Å². The summed E-state index contributed by atoms with van der Waals surface area (Å²) in [6.07, 6.45) is 8.15. The Morgan fingerprint density at radius 1 is 0.562 bits per heavy atom. The van der Waals surface area contributed by atoms with Gasteiger partial charge in [-0.1, -0.05) is 73.6 Å². The number of ether oxygens (including phenoxy) is 1. The van der Waals surface area contributed by atoms with E-state index in [4.69, 9.17) is 4.74 Å². The van der Waals surface area contributed by atoms with Crippen LogP contribution < -0.4 is 0 Å². The molecular weight excluding hydrogens is 196 g/mol. The van der Waals surface area contributed by atoms with Crippen LogP contribution in [0.4, 0.5) is 0 Å². The number of rotatable bonds is 6. The van der Waals surface area contributed by atoms with E-state index in [9.17, 15) is 0 Å². The van der Waals surface area contributed by atoms with Crippen LogP contribution in [0.15, 0.2) is 0 Å². The zero-order valence-electron chi connectivity index (χ0n) is 12.1. The second kappa shape index (κ2) is 36.3. The van der Waals surface area contributed by atoms with Crippen molar-refractivity contribution in [3.8, 4) is 0 Å². The van der Waals surface area contributed by atoms with Gasteiger partial charge in [0.25, 0.3) is 0 Å². The van der Waals surface area contributed by atoms with Crippen LogP contribution in [0.25, 0.3) is 0 Å². The van der Waals surface area contributed by atoms with Gasteiger partial charge in [0, 0.05) is 13.2 Å². The third-order valence-electron chi connectivity index (χ3n) is 1.82. The lowest BCUT2D eigenvalue weighted by Gasteiger charge is -1.86. The van der Waals surface area contributed by atoms with Gasteiger partial charge in [0.2, 0.25) is 0 Å². The van der Waals surface area contributed by atoms with E-state index in [-0.39, 0.29) is 7.43 Å². The molecule has 0 saturated carbocycles. The Balaban J connectivity index is -0.0000000655. The summed E-state index contributed by atoms with van der Waals surface area (Å²) < 4.78 is 4.83. The first-order valence-corrected chi connectivity index (χ1v) is 6.82. The third kappa shape index (κ3) is 66.0. The minimum Gasteiger partial charge on any atom is -0.382 e. The monoisotopic (exact) mass is 234 g/mol. The lowest BCUT2D eigenvalue weighted by molar-refractivity contribution is 0.162. The summed E-state index contributed by atoms with van der Waals surface area (Å²) in [5.74, 6) is 0. The first kappa shape index (κ1) is 25.0. The van der Waals surface area contributed by atoms with E-state index >= 15 is 0 Å². The SMILES string of the molecule is C.CCCCC.CCCCC.CCOCC. The lowest BCUT2D eigenvalue weighted by atomic mass is 10.3. The molecule has 0 aliphatic carbocycles. The predicted octanol–water partition coefficient (Wildman–Crippen LogP) is 6.07. The standard InChI is InChI=1S/2C5H12.C4H10O.CH4/c3*1-3-5-4-2;/h2*3-5H2,1-2H3;3-4H2,1-2H3;1H4. The van der Waals surface area contributed by atoms with Crippen molar-refractivity contribution in [1.29, 1.82) is 0 Å². The minimum absolute atomic E-state index is 0. The van der Waals surface area contributed by atoms with Gasteiger partial charge in [-0.2, -0.15) is 0 Å². The molecule has 16 heavy (non-hydrogen) atoms. The molecule has 0 aliphatic rings. The highest BCUT2D eigenvalue weighted by Crippen LogP contribution is 1.88. The Labute approximate surface area is 106 Å². The molecule has 0 N–H and O–H groups in total. The smallest absolute Gasteiger partial charge is 0.0437 e. The molecular formula is C15H38O. The average molecular weight is 234 g/mol. The molecule has 0 atom stereocenters. The van der Waals surface area contributed by atoms with E-state index in [0.717, 1.165) is 13.2 Å². The van der Waals surface area contributed by atoms with Crippen molar-refractivity contribution >= 4 is 0 Å². The van der Waals surface area contributed by atoms with E-state index in [1.165, 1.54) is 38.5 Å². The maximum absolute atomic E-state index is 4.83. The molecule has 0 saturated heterocycles. The highest BCUT2D eigenvalue weighted by atomic mass is 16.5. The predicted molar refractivity (Wildman–Crippen MR) is 79.3 cm³/mol. The Morgan fingerprint density at radius 2 is 0.812 bits per heavy atom. The Morgan fingerprint density at radius 3 is 0.812 bits per heavy atom. The van der Waals surface area contributed by atoms with Crippen LogP contribution in [0.1, 0.15) is 87.5 Å². The summed E-state index contributed by atoms with van der Waals surface area (Å²) in [4.78, 5) is 0. The van der Waals surface area contributed by atoms with E-state index in [1.807, 2.05) is 13.8 Å². The summed E-state index contributed by atoms with van der Waals surface area (Å²) in [7, 11) is 0. The number of hydrogen-bond acceptors (Lipinski definition) is 1. The van der Waals surface area contributed by atoms with Gasteiger partial charge >= 0.3 is 0 Å². The Bertz CT molecular complexity index is 42.2. The molecule has 0 spiro atoms. The number of hydrogen-bond donors (Lipinski definition) is 0. The van der Waals surface area contributed by atoms with Crippen molar-refractivity contribution in [3.63, 3.8) is 0 Å². The fourth-order valence-electron chi connectivity index (χ4n) is 0.911. The third-order valence-corrected chi connectivity index (χ3v) is 1.82. The zero-order chi connectivity index (χ0) is 12.4. The summed E-state index contributed by atoms with van der Waals surface area (Å²) in [5, 5.41) is 0. The van der Waals surface area contributed by atoms with Crippen LogP contribution in [-0.2, 0) is 4.74 Å². The fourth-order valence-corrected chi connectivity index (χ4v) is 0.911. The first-order chi connectivity index (χ1) is 7.24. The Hall–Kier alpha value is -0.0400. The van der Waals surface area contributed by atoms with Gasteiger partial charge in [-0.15, -0.1) is 0 Å². The van der Waals surface area contributed by atoms with E-state index in [1.54, 1.807) is 0 Å². The van der Waals surface area contributed by atoms with Gasteiger partial charge in [0.15, 0.2) is 0 Å². The molecule has 0 amide bonds. The molecule has 0 bridgehead atoms. The lowest BCUT2D eigenvalue weighted by Crippen LogP contribution is -1.84. The van der Waals surface area contributed by atoms with Crippen molar-refractivity contribution in [2.45, 2.75) is 87.5 Å². The van der Waals surface area contributed by atoms with Crippen LogP contribution in [0.3, 0.4) is 0 Å². The molecule has 0 heterocycles. The number of unbranched alkanes of at least 4 members (excludes halogenated alkanes) is 4. The van der Waals surface area contributed by atoms with E-state index in [2.05, 4.69) is 27.7 Å².